The predicted molar refractivity (Wildman–Crippen MR) is 145 cm³/mol. The smallest absolute Gasteiger partial charge is 0.175 e. The fourth-order valence-electron chi connectivity index (χ4n) is 3.48. The van der Waals surface area contributed by atoms with Gasteiger partial charge in [0.15, 0.2) is 5.11 Å². The van der Waals surface area contributed by atoms with Crippen LogP contribution in [-0.4, -0.2) is 24.7 Å². The first kappa shape index (κ1) is 24.8. The highest BCUT2D eigenvalue weighted by atomic mass is 35.5. The molecule has 2 aromatic carbocycles. The third kappa shape index (κ3) is 5.67. The molecule has 0 saturated heterocycles. The second kappa shape index (κ2) is 10.5. The third-order valence-electron chi connectivity index (χ3n) is 5.23. The van der Waals surface area contributed by atoms with E-state index in [-0.39, 0.29) is 0 Å². The van der Waals surface area contributed by atoms with Crippen LogP contribution in [0, 0.1) is 13.8 Å². The maximum atomic E-state index is 6.33. The summed E-state index contributed by atoms with van der Waals surface area (Å²) in [5.41, 5.74) is 5.01. The van der Waals surface area contributed by atoms with E-state index in [9.17, 15) is 0 Å². The fraction of sp³-hybridized carbons (Fsp3) is 0.174. The summed E-state index contributed by atoms with van der Waals surface area (Å²) >= 11 is 30.4. The number of aryl methyl sites for hydroxylation is 1. The Morgan fingerprint density at radius 3 is 2.41 bits per heavy atom. The number of nitrogens with one attached hydrogen (secondary N) is 2. The van der Waals surface area contributed by atoms with E-state index in [0.717, 1.165) is 33.9 Å². The number of aromatic nitrogens is 4. The molecule has 6 nitrogen and oxygen atoms in total. The van der Waals surface area contributed by atoms with Crippen LogP contribution in [-0.2, 0) is 13.1 Å². The van der Waals surface area contributed by atoms with Gasteiger partial charge in [-0.25, -0.2) is 0 Å². The molecule has 0 bridgehead atoms. The zero-order valence-corrected chi connectivity index (χ0v) is 22.1. The van der Waals surface area contributed by atoms with Gasteiger partial charge in [-0.3, -0.25) is 9.36 Å². The molecule has 0 fully saturated rings. The Labute approximate surface area is 222 Å². The number of halogens is 4. The van der Waals surface area contributed by atoms with Crippen molar-refractivity contribution in [3.63, 3.8) is 0 Å². The molecule has 176 valence electrons. The van der Waals surface area contributed by atoms with Gasteiger partial charge in [-0.1, -0.05) is 58.5 Å². The summed E-state index contributed by atoms with van der Waals surface area (Å²) < 4.78 is 3.61. The summed E-state index contributed by atoms with van der Waals surface area (Å²) in [6.07, 6.45) is 3.54. The number of hydrogen-bond acceptors (Lipinski definition) is 3. The zero-order valence-electron chi connectivity index (χ0n) is 18.2. The molecule has 34 heavy (non-hydrogen) atoms. The standard InChI is InChI=1S/C23H20Cl4N6S/c1-13-22(14(2)33(31-13)12-18-19(25)4-3-5-20(18)26)30-23(34)29-17-9-28-32(11-17)10-15-6-7-16(24)8-21(15)27/h3-9,11H,10,12H2,1-2H3,(H2,29,30,34). The lowest BCUT2D eigenvalue weighted by Crippen LogP contribution is -2.19. The van der Waals surface area contributed by atoms with Crippen molar-refractivity contribution in [1.29, 1.82) is 0 Å². The van der Waals surface area contributed by atoms with Crippen LogP contribution in [0.2, 0.25) is 20.1 Å². The number of anilines is 2. The monoisotopic (exact) mass is 552 g/mol. The molecule has 0 amide bonds. The molecule has 0 atom stereocenters. The summed E-state index contributed by atoms with van der Waals surface area (Å²) in [5.74, 6) is 0. The molecule has 0 unspecified atom stereocenters. The van der Waals surface area contributed by atoms with E-state index >= 15 is 0 Å². The first-order valence-corrected chi connectivity index (χ1v) is 12.1. The molecule has 2 heterocycles. The Morgan fingerprint density at radius 1 is 0.971 bits per heavy atom. The molecular formula is C23H20Cl4N6S. The molecule has 0 saturated carbocycles. The van der Waals surface area contributed by atoms with E-state index in [1.807, 2.05) is 49.0 Å². The highest BCUT2D eigenvalue weighted by Gasteiger charge is 2.16. The molecule has 4 rings (SSSR count). The van der Waals surface area contributed by atoms with Gasteiger partial charge in [0, 0.05) is 31.9 Å². The van der Waals surface area contributed by atoms with E-state index in [1.54, 1.807) is 23.0 Å². The average molecular weight is 554 g/mol. The molecule has 2 N–H and O–H groups in total. The van der Waals surface area contributed by atoms with E-state index < -0.39 is 0 Å². The van der Waals surface area contributed by atoms with Gasteiger partial charge < -0.3 is 10.6 Å². The highest BCUT2D eigenvalue weighted by Crippen LogP contribution is 2.28. The van der Waals surface area contributed by atoms with Crippen LogP contribution in [0.1, 0.15) is 22.5 Å². The van der Waals surface area contributed by atoms with Crippen LogP contribution >= 0.6 is 58.6 Å². The van der Waals surface area contributed by atoms with E-state index in [0.29, 0.717) is 38.3 Å². The minimum Gasteiger partial charge on any atom is -0.330 e. The van der Waals surface area contributed by atoms with Crippen molar-refractivity contribution < 1.29 is 0 Å². The van der Waals surface area contributed by atoms with Gasteiger partial charge in [0.1, 0.15) is 0 Å². The number of benzene rings is 2. The summed E-state index contributed by atoms with van der Waals surface area (Å²) in [5, 5.41) is 18.2. The molecule has 4 aromatic rings. The van der Waals surface area contributed by atoms with Gasteiger partial charge in [-0.05, 0) is 55.9 Å². The maximum Gasteiger partial charge on any atom is 0.175 e. The van der Waals surface area contributed by atoms with Crippen LogP contribution in [0.15, 0.2) is 48.8 Å². The highest BCUT2D eigenvalue weighted by molar-refractivity contribution is 7.80. The molecule has 0 radical (unpaired) electrons. The van der Waals surface area contributed by atoms with Gasteiger partial charge in [0.2, 0.25) is 0 Å². The van der Waals surface area contributed by atoms with Gasteiger partial charge in [-0.2, -0.15) is 10.2 Å². The SMILES string of the molecule is Cc1nn(Cc2c(Cl)cccc2Cl)c(C)c1NC(=S)Nc1cnn(Cc2ccc(Cl)cc2Cl)c1. The molecular weight excluding hydrogens is 534 g/mol. The van der Waals surface area contributed by atoms with Crippen molar-refractivity contribution in [3.05, 3.63) is 91.4 Å². The summed E-state index contributed by atoms with van der Waals surface area (Å²) in [7, 11) is 0. The van der Waals surface area contributed by atoms with Crippen molar-refractivity contribution in [2.45, 2.75) is 26.9 Å². The molecule has 0 aliphatic heterocycles. The molecule has 0 aliphatic carbocycles. The Morgan fingerprint density at radius 2 is 1.71 bits per heavy atom. The normalized spacial score (nSPS) is 11.0. The van der Waals surface area contributed by atoms with Crippen LogP contribution in [0.4, 0.5) is 11.4 Å². The van der Waals surface area contributed by atoms with E-state index in [1.165, 1.54) is 0 Å². The Bertz CT molecular complexity index is 1340. The van der Waals surface area contributed by atoms with Crippen molar-refractivity contribution >= 4 is 75.1 Å². The van der Waals surface area contributed by atoms with Crippen molar-refractivity contribution in [1.82, 2.24) is 19.6 Å². The maximum absolute atomic E-state index is 6.33. The first-order chi connectivity index (χ1) is 16.2. The first-order valence-electron chi connectivity index (χ1n) is 10.2. The fourth-order valence-corrected chi connectivity index (χ4v) is 4.68. The lowest BCUT2D eigenvalue weighted by atomic mass is 10.2. The molecule has 2 aromatic heterocycles. The molecule has 0 aliphatic rings. The zero-order chi connectivity index (χ0) is 24.4. The lowest BCUT2D eigenvalue weighted by molar-refractivity contribution is 0.659. The minimum atomic E-state index is 0.422. The molecule has 0 spiro atoms. The Kier molecular flexibility index (Phi) is 7.70. The summed E-state index contributed by atoms with van der Waals surface area (Å²) in [6.45, 7) is 4.83. The summed E-state index contributed by atoms with van der Waals surface area (Å²) in [6, 6.07) is 10.8. The predicted octanol–water partition coefficient (Wildman–Crippen LogP) is 7.22. The lowest BCUT2D eigenvalue weighted by Gasteiger charge is -2.11. The number of thiocarbonyl (C=S) groups is 1. The van der Waals surface area contributed by atoms with Crippen LogP contribution in [0.25, 0.3) is 0 Å². The number of nitrogens with zero attached hydrogens (tertiary/aromatic N) is 4. The largest absolute Gasteiger partial charge is 0.330 e. The Balaban J connectivity index is 1.43. The van der Waals surface area contributed by atoms with Gasteiger partial charge >= 0.3 is 0 Å². The van der Waals surface area contributed by atoms with Gasteiger partial charge in [0.25, 0.3) is 0 Å². The second-order valence-corrected chi connectivity index (χ2v) is 9.71. The van der Waals surface area contributed by atoms with Crippen LogP contribution < -0.4 is 10.6 Å². The van der Waals surface area contributed by atoms with Gasteiger partial charge in [0.05, 0.1) is 42.0 Å². The average Bonchev–Trinajstić information content (AvgIpc) is 3.32. The van der Waals surface area contributed by atoms with E-state index in [2.05, 4.69) is 20.8 Å². The number of rotatable bonds is 6. The third-order valence-corrected chi connectivity index (χ3v) is 6.73. The second-order valence-electron chi connectivity index (χ2n) is 7.65. The van der Waals surface area contributed by atoms with Crippen LogP contribution in [0.5, 0.6) is 0 Å². The van der Waals surface area contributed by atoms with Crippen molar-refractivity contribution in [2.24, 2.45) is 0 Å². The molecule has 11 heteroatoms. The van der Waals surface area contributed by atoms with E-state index in [4.69, 9.17) is 58.6 Å². The van der Waals surface area contributed by atoms with Crippen molar-refractivity contribution in [2.75, 3.05) is 10.6 Å². The van der Waals surface area contributed by atoms with Gasteiger partial charge in [-0.15, -0.1) is 0 Å². The topological polar surface area (TPSA) is 59.7 Å². The minimum absolute atomic E-state index is 0.422. The summed E-state index contributed by atoms with van der Waals surface area (Å²) in [4.78, 5) is 0. The Hall–Kier alpha value is -2.29. The number of hydrogen-bond donors (Lipinski definition) is 2. The van der Waals surface area contributed by atoms with Crippen LogP contribution in [0.3, 0.4) is 0 Å². The van der Waals surface area contributed by atoms with Crippen molar-refractivity contribution in [3.8, 4) is 0 Å². The quantitative estimate of drug-likeness (QED) is 0.247.